The highest BCUT2D eigenvalue weighted by molar-refractivity contribution is 7.89. The molecule has 1 saturated heterocycles. The number of halogens is 1. The fraction of sp³-hybridized carbons (Fsp3) is 0.278. The van der Waals surface area contributed by atoms with E-state index in [9.17, 15) is 26.0 Å². The maximum atomic E-state index is 14.3. The normalized spacial score (nSPS) is 15.7. The van der Waals surface area contributed by atoms with Crippen LogP contribution in [0.3, 0.4) is 0 Å². The predicted octanol–water partition coefficient (Wildman–Crippen LogP) is 1.05. The Labute approximate surface area is 173 Å². The summed E-state index contributed by atoms with van der Waals surface area (Å²) < 4.78 is 69.4. The summed E-state index contributed by atoms with van der Waals surface area (Å²) in [5, 5.41) is 7.52. The van der Waals surface area contributed by atoms with Crippen LogP contribution < -0.4 is 10.5 Å². The summed E-state index contributed by atoms with van der Waals surface area (Å²) in [7, 11) is -7.95. The molecule has 2 aromatic carbocycles. The van der Waals surface area contributed by atoms with Gasteiger partial charge in [-0.2, -0.15) is 4.31 Å². The van der Waals surface area contributed by atoms with Crippen molar-refractivity contribution in [1.82, 2.24) is 4.31 Å². The minimum Gasteiger partial charge on any atom is -0.379 e. The van der Waals surface area contributed by atoms with Crippen LogP contribution in [0.1, 0.15) is 15.9 Å². The van der Waals surface area contributed by atoms with E-state index in [1.54, 1.807) is 0 Å². The van der Waals surface area contributed by atoms with Gasteiger partial charge < -0.3 is 10.1 Å². The fourth-order valence-corrected chi connectivity index (χ4v) is 5.20. The lowest BCUT2D eigenvalue weighted by Gasteiger charge is -2.26. The van der Waals surface area contributed by atoms with Crippen LogP contribution in [0, 0.1) is 12.7 Å². The minimum atomic E-state index is -4.02. The maximum absolute atomic E-state index is 14.3. The van der Waals surface area contributed by atoms with Crippen molar-refractivity contribution in [3.63, 3.8) is 0 Å². The third-order valence-corrected chi connectivity index (χ3v) is 7.49. The van der Waals surface area contributed by atoms with Gasteiger partial charge in [-0.3, -0.25) is 4.79 Å². The monoisotopic (exact) mass is 457 g/mol. The van der Waals surface area contributed by atoms with Gasteiger partial charge in [0.2, 0.25) is 20.0 Å². The number of rotatable bonds is 5. The van der Waals surface area contributed by atoms with Crippen LogP contribution in [0.5, 0.6) is 0 Å². The number of hydrogen-bond acceptors (Lipinski definition) is 6. The average Bonchev–Trinajstić information content (AvgIpc) is 2.69. The van der Waals surface area contributed by atoms with E-state index in [0.717, 1.165) is 24.3 Å². The minimum absolute atomic E-state index is 0.0652. The summed E-state index contributed by atoms with van der Waals surface area (Å²) in [5.74, 6) is -1.86. The molecular formula is C18H20FN3O6S2. The van der Waals surface area contributed by atoms with Crippen molar-refractivity contribution in [3.8, 4) is 0 Å². The molecule has 0 radical (unpaired) electrons. The van der Waals surface area contributed by atoms with Crippen LogP contribution in [0.2, 0.25) is 0 Å². The zero-order valence-electron chi connectivity index (χ0n) is 16.0. The Morgan fingerprint density at radius 3 is 2.40 bits per heavy atom. The summed E-state index contributed by atoms with van der Waals surface area (Å²) in [5.41, 5.74) is -0.0576. The van der Waals surface area contributed by atoms with Crippen molar-refractivity contribution >= 4 is 31.6 Å². The number of anilines is 1. The quantitative estimate of drug-likeness (QED) is 0.689. The van der Waals surface area contributed by atoms with Gasteiger partial charge in [0.25, 0.3) is 5.91 Å². The number of nitrogens with one attached hydrogen (secondary N) is 1. The van der Waals surface area contributed by atoms with Gasteiger partial charge in [0, 0.05) is 18.8 Å². The van der Waals surface area contributed by atoms with Gasteiger partial charge in [-0.15, -0.1) is 0 Å². The van der Waals surface area contributed by atoms with Crippen LogP contribution in [-0.4, -0.2) is 53.4 Å². The lowest BCUT2D eigenvalue weighted by molar-refractivity contribution is 0.0730. The van der Waals surface area contributed by atoms with Crippen LogP contribution in [-0.2, 0) is 24.8 Å². The Balaban J connectivity index is 1.91. The lowest BCUT2D eigenvalue weighted by atomic mass is 10.2. The van der Waals surface area contributed by atoms with E-state index in [1.165, 1.54) is 23.4 Å². The number of ether oxygens (including phenoxy) is 1. The van der Waals surface area contributed by atoms with Gasteiger partial charge in [0.05, 0.1) is 28.6 Å². The second kappa shape index (κ2) is 8.40. The van der Waals surface area contributed by atoms with E-state index in [4.69, 9.17) is 9.88 Å². The Hall–Kier alpha value is -2.38. The summed E-state index contributed by atoms with van der Waals surface area (Å²) in [4.78, 5) is 12.2. The molecule has 30 heavy (non-hydrogen) atoms. The molecule has 0 saturated carbocycles. The molecule has 0 bridgehead atoms. The zero-order chi connectivity index (χ0) is 22.1. The lowest BCUT2D eigenvalue weighted by Crippen LogP contribution is -2.40. The van der Waals surface area contributed by atoms with E-state index < -0.39 is 37.3 Å². The highest BCUT2D eigenvalue weighted by Gasteiger charge is 2.28. The number of aryl methyl sites for hydroxylation is 1. The van der Waals surface area contributed by atoms with E-state index in [2.05, 4.69) is 5.32 Å². The molecule has 12 heteroatoms. The first-order valence-electron chi connectivity index (χ1n) is 8.82. The van der Waals surface area contributed by atoms with Crippen LogP contribution in [0.15, 0.2) is 46.2 Å². The molecule has 162 valence electrons. The molecule has 3 rings (SSSR count). The Bertz CT molecular complexity index is 1190. The van der Waals surface area contributed by atoms with Crippen LogP contribution in [0.25, 0.3) is 0 Å². The maximum Gasteiger partial charge on any atom is 0.258 e. The van der Waals surface area contributed by atoms with Gasteiger partial charge in [-0.1, -0.05) is 6.07 Å². The molecular weight excluding hydrogens is 437 g/mol. The van der Waals surface area contributed by atoms with Gasteiger partial charge in [-0.25, -0.2) is 26.4 Å². The number of benzene rings is 2. The summed E-state index contributed by atoms with van der Waals surface area (Å²) in [6, 6.07) is 6.94. The summed E-state index contributed by atoms with van der Waals surface area (Å²) in [6.07, 6.45) is 0. The molecule has 1 fully saturated rings. The molecule has 1 aliphatic heterocycles. The molecule has 1 aliphatic rings. The number of sulfonamides is 2. The molecule has 0 atom stereocenters. The molecule has 1 amide bonds. The fourth-order valence-electron chi connectivity index (χ4n) is 2.96. The first kappa shape index (κ1) is 22.3. The Morgan fingerprint density at radius 2 is 1.77 bits per heavy atom. The molecule has 0 aromatic heterocycles. The van der Waals surface area contributed by atoms with E-state index >= 15 is 0 Å². The highest BCUT2D eigenvalue weighted by atomic mass is 32.2. The van der Waals surface area contributed by atoms with Gasteiger partial charge >= 0.3 is 0 Å². The van der Waals surface area contributed by atoms with Crippen molar-refractivity contribution in [1.29, 1.82) is 0 Å². The largest absolute Gasteiger partial charge is 0.379 e. The topological polar surface area (TPSA) is 136 Å². The molecule has 2 aromatic rings. The molecule has 3 N–H and O–H groups in total. The molecule has 9 nitrogen and oxygen atoms in total. The number of amides is 1. The zero-order valence-corrected chi connectivity index (χ0v) is 17.6. The highest BCUT2D eigenvalue weighted by Crippen LogP contribution is 2.23. The second-order valence-corrected chi connectivity index (χ2v) is 10.1. The van der Waals surface area contributed by atoms with Crippen molar-refractivity contribution in [2.24, 2.45) is 5.14 Å². The van der Waals surface area contributed by atoms with Crippen molar-refractivity contribution in [3.05, 3.63) is 53.3 Å². The summed E-state index contributed by atoms with van der Waals surface area (Å²) >= 11 is 0. The van der Waals surface area contributed by atoms with E-state index in [0.29, 0.717) is 5.56 Å². The third kappa shape index (κ3) is 4.68. The number of primary sulfonamides is 1. The van der Waals surface area contributed by atoms with Crippen molar-refractivity contribution in [2.45, 2.75) is 16.7 Å². The summed E-state index contributed by atoms with van der Waals surface area (Å²) in [6.45, 7) is 2.33. The van der Waals surface area contributed by atoms with Gasteiger partial charge in [-0.05, 0) is 42.8 Å². The Kier molecular flexibility index (Phi) is 6.24. The first-order chi connectivity index (χ1) is 14.0. The van der Waals surface area contributed by atoms with E-state index in [1.807, 2.05) is 0 Å². The second-order valence-electron chi connectivity index (χ2n) is 6.64. The SMILES string of the molecule is Cc1ccc(NC(=O)c2cc(S(=O)(=O)N3CCOCC3)ccc2F)cc1S(N)(=O)=O. The standard InChI is InChI=1S/C18H20FN3O6S2/c1-12-2-3-13(10-17(12)29(20,24)25)21-18(23)15-11-14(4-5-16(15)19)30(26,27)22-6-8-28-9-7-22/h2-5,10-11H,6-9H2,1H3,(H,21,23)(H2,20,24,25). The number of carbonyl (C=O) groups excluding carboxylic acids is 1. The number of nitrogens with zero attached hydrogens (tertiary/aromatic N) is 1. The Morgan fingerprint density at radius 1 is 1.10 bits per heavy atom. The molecule has 0 spiro atoms. The van der Waals surface area contributed by atoms with E-state index in [-0.39, 0.29) is 41.8 Å². The van der Waals surface area contributed by atoms with Crippen LogP contribution in [0.4, 0.5) is 10.1 Å². The van der Waals surface area contributed by atoms with Crippen molar-refractivity contribution < 1.29 is 30.8 Å². The number of carbonyl (C=O) groups is 1. The first-order valence-corrected chi connectivity index (χ1v) is 11.8. The number of hydrogen-bond donors (Lipinski definition) is 2. The molecule has 1 heterocycles. The smallest absolute Gasteiger partial charge is 0.258 e. The van der Waals surface area contributed by atoms with Gasteiger partial charge in [0.15, 0.2) is 0 Å². The number of morpholine rings is 1. The third-order valence-electron chi connectivity index (χ3n) is 4.54. The molecule has 0 unspecified atom stereocenters. The average molecular weight is 458 g/mol. The number of nitrogens with two attached hydrogens (primary N) is 1. The molecule has 0 aliphatic carbocycles. The van der Waals surface area contributed by atoms with Crippen molar-refractivity contribution in [2.75, 3.05) is 31.6 Å². The predicted molar refractivity (Wildman–Crippen MR) is 106 cm³/mol. The van der Waals surface area contributed by atoms with Crippen LogP contribution >= 0.6 is 0 Å². The van der Waals surface area contributed by atoms with Gasteiger partial charge in [0.1, 0.15) is 5.82 Å².